The number of rotatable bonds is 2. The van der Waals surface area contributed by atoms with Gasteiger partial charge in [-0.25, -0.2) is 0 Å². The standard InChI is InChI=1S/C17H19NO/c1-12-16-14(9-6-10-15(16)19-2)11-18-17(12)13-7-4-3-5-8-13/h3-10,12,17-18H,11H2,1-2H3. The Morgan fingerprint density at radius 1 is 1.05 bits per heavy atom. The Kier molecular flexibility index (Phi) is 3.26. The molecule has 19 heavy (non-hydrogen) atoms. The third kappa shape index (κ3) is 2.13. The fraction of sp³-hybridized carbons (Fsp3) is 0.294. The van der Waals surface area contributed by atoms with Crippen molar-refractivity contribution in [3.63, 3.8) is 0 Å². The number of ether oxygens (including phenoxy) is 1. The SMILES string of the molecule is COc1cccc2c1C(C)C(c1ccccc1)NC2. The molecule has 1 aliphatic rings. The molecule has 0 fully saturated rings. The smallest absolute Gasteiger partial charge is 0.122 e. The van der Waals surface area contributed by atoms with Crippen molar-refractivity contribution in [3.05, 3.63) is 65.2 Å². The highest BCUT2D eigenvalue weighted by molar-refractivity contribution is 5.46. The van der Waals surface area contributed by atoms with Crippen LogP contribution in [-0.4, -0.2) is 7.11 Å². The first-order valence-electron chi connectivity index (χ1n) is 6.75. The average Bonchev–Trinajstić information content (AvgIpc) is 2.48. The van der Waals surface area contributed by atoms with Crippen molar-refractivity contribution < 1.29 is 4.74 Å². The van der Waals surface area contributed by atoms with E-state index in [1.807, 2.05) is 0 Å². The van der Waals surface area contributed by atoms with Crippen molar-refractivity contribution in [3.8, 4) is 5.75 Å². The zero-order chi connectivity index (χ0) is 13.2. The van der Waals surface area contributed by atoms with E-state index in [0.717, 1.165) is 12.3 Å². The van der Waals surface area contributed by atoms with Gasteiger partial charge < -0.3 is 10.1 Å². The summed E-state index contributed by atoms with van der Waals surface area (Å²) in [5, 5.41) is 3.64. The minimum absolute atomic E-state index is 0.352. The van der Waals surface area contributed by atoms with E-state index >= 15 is 0 Å². The van der Waals surface area contributed by atoms with Crippen LogP contribution in [0.1, 0.15) is 35.6 Å². The molecule has 2 unspecified atom stereocenters. The van der Waals surface area contributed by atoms with Crippen LogP contribution in [0.25, 0.3) is 0 Å². The number of nitrogens with one attached hydrogen (secondary N) is 1. The summed E-state index contributed by atoms with van der Waals surface area (Å²) >= 11 is 0. The minimum atomic E-state index is 0.352. The van der Waals surface area contributed by atoms with Crippen molar-refractivity contribution in [1.29, 1.82) is 0 Å². The molecular formula is C17H19NO. The van der Waals surface area contributed by atoms with Gasteiger partial charge in [-0.3, -0.25) is 0 Å². The van der Waals surface area contributed by atoms with Crippen LogP contribution < -0.4 is 10.1 Å². The van der Waals surface area contributed by atoms with E-state index in [2.05, 4.69) is 60.8 Å². The van der Waals surface area contributed by atoms with Gasteiger partial charge in [-0.05, 0) is 17.2 Å². The van der Waals surface area contributed by atoms with Crippen LogP contribution in [0.4, 0.5) is 0 Å². The molecule has 1 aliphatic heterocycles. The number of fused-ring (bicyclic) bond motifs is 1. The zero-order valence-corrected chi connectivity index (χ0v) is 11.4. The van der Waals surface area contributed by atoms with Gasteiger partial charge >= 0.3 is 0 Å². The van der Waals surface area contributed by atoms with E-state index in [1.54, 1.807) is 7.11 Å². The highest BCUT2D eigenvalue weighted by atomic mass is 16.5. The predicted octanol–water partition coefficient (Wildman–Crippen LogP) is 3.64. The highest BCUT2D eigenvalue weighted by Crippen LogP contribution is 2.41. The fourth-order valence-electron chi connectivity index (χ4n) is 3.07. The molecule has 0 aromatic heterocycles. The molecule has 2 atom stereocenters. The van der Waals surface area contributed by atoms with Crippen LogP contribution in [0.3, 0.4) is 0 Å². The maximum absolute atomic E-state index is 5.54. The van der Waals surface area contributed by atoms with Crippen molar-refractivity contribution >= 4 is 0 Å². The quantitative estimate of drug-likeness (QED) is 0.882. The van der Waals surface area contributed by atoms with E-state index in [4.69, 9.17) is 4.74 Å². The summed E-state index contributed by atoms with van der Waals surface area (Å²) in [6, 6.07) is 17.3. The Labute approximate surface area is 114 Å². The second-order valence-electron chi connectivity index (χ2n) is 5.09. The Morgan fingerprint density at radius 2 is 1.84 bits per heavy atom. The molecule has 98 valence electrons. The summed E-state index contributed by atoms with van der Waals surface area (Å²) in [7, 11) is 1.75. The maximum atomic E-state index is 5.54. The van der Waals surface area contributed by atoms with E-state index in [1.165, 1.54) is 16.7 Å². The topological polar surface area (TPSA) is 21.3 Å². The van der Waals surface area contributed by atoms with Crippen molar-refractivity contribution in [1.82, 2.24) is 5.32 Å². The number of hydrogen-bond donors (Lipinski definition) is 1. The summed E-state index contributed by atoms with van der Waals surface area (Å²) in [5.74, 6) is 1.41. The normalized spacial score (nSPS) is 21.8. The van der Waals surface area contributed by atoms with Gasteiger partial charge in [0, 0.05) is 24.1 Å². The Hall–Kier alpha value is -1.80. The lowest BCUT2D eigenvalue weighted by molar-refractivity contribution is 0.379. The molecular weight excluding hydrogens is 234 g/mol. The molecule has 0 saturated carbocycles. The van der Waals surface area contributed by atoms with Crippen LogP contribution in [0.5, 0.6) is 5.75 Å². The molecule has 0 saturated heterocycles. The summed E-state index contributed by atoms with van der Waals surface area (Å²) in [6.45, 7) is 3.17. The average molecular weight is 253 g/mol. The van der Waals surface area contributed by atoms with E-state index in [0.29, 0.717) is 12.0 Å². The van der Waals surface area contributed by atoms with Gasteiger partial charge in [0.05, 0.1) is 7.11 Å². The Balaban J connectivity index is 2.02. The molecule has 1 heterocycles. The summed E-state index contributed by atoms with van der Waals surface area (Å²) in [5.41, 5.74) is 4.03. The Bertz CT molecular complexity index is 550. The van der Waals surface area contributed by atoms with E-state index in [-0.39, 0.29) is 0 Å². The van der Waals surface area contributed by atoms with Gasteiger partial charge in [-0.15, -0.1) is 0 Å². The van der Waals surface area contributed by atoms with E-state index in [9.17, 15) is 0 Å². The molecule has 2 aromatic carbocycles. The van der Waals surface area contributed by atoms with Crippen molar-refractivity contribution in [2.24, 2.45) is 0 Å². The monoisotopic (exact) mass is 253 g/mol. The van der Waals surface area contributed by atoms with Gasteiger partial charge in [-0.2, -0.15) is 0 Å². The second-order valence-corrected chi connectivity index (χ2v) is 5.09. The summed E-state index contributed by atoms with van der Waals surface area (Å²) in [6.07, 6.45) is 0. The molecule has 0 radical (unpaired) electrons. The van der Waals surface area contributed by atoms with Gasteiger partial charge in [0.2, 0.25) is 0 Å². The molecule has 2 aromatic rings. The largest absolute Gasteiger partial charge is 0.496 e. The fourth-order valence-corrected chi connectivity index (χ4v) is 3.07. The van der Waals surface area contributed by atoms with Gasteiger partial charge in [0.1, 0.15) is 5.75 Å². The molecule has 0 aliphatic carbocycles. The van der Waals surface area contributed by atoms with Crippen LogP contribution in [-0.2, 0) is 6.54 Å². The number of benzene rings is 2. The lowest BCUT2D eigenvalue weighted by Crippen LogP contribution is -2.31. The maximum Gasteiger partial charge on any atom is 0.122 e. The van der Waals surface area contributed by atoms with Gasteiger partial charge in [-0.1, -0.05) is 49.4 Å². The summed E-state index contributed by atoms with van der Waals surface area (Å²) < 4.78 is 5.54. The van der Waals surface area contributed by atoms with Crippen molar-refractivity contribution in [2.75, 3.05) is 7.11 Å². The minimum Gasteiger partial charge on any atom is -0.496 e. The van der Waals surface area contributed by atoms with E-state index < -0.39 is 0 Å². The number of methoxy groups -OCH3 is 1. The number of hydrogen-bond acceptors (Lipinski definition) is 2. The molecule has 1 N–H and O–H groups in total. The third-order valence-electron chi connectivity index (χ3n) is 4.00. The van der Waals surface area contributed by atoms with Crippen LogP contribution in [0.2, 0.25) is 0 Å². The summed E-state index contributed by atoms with van der Waals surface area (Å²) in [4.78, 5) is 0. The zero-order valence-electron chi connectivity index (χ0n) is 11.4. The lowest BCUT2D eigenvalue weighted by Gasteiger charge is -2.33. The first-order chi connectivity index (χ1) is 9.31. The highest BCUT2D eigenvalue weighted by Gasteiger charge is 2.29. The van der Waals surface area contributed by atoms with Crippen LogP contribution in [0, 0.1) is 0 Å². The van der Waals surface area contributed by atoms with Gasteiger partial charge in [0.25, 0.3) is 0 Å². The predicted molar refractivity (Wildman–Crippen MR) is 77.4 cm³/mol. The molecule has 3 rings (SSSR count). The first kappa shape index (κ1) is 12.2. The first-order valence-corrected chi connectivity index (χ1v) is 6.75. The molecule has 0 bridgehead atoms. The van der Waals surface area contributed by atoms with Crippen LogP contribution >= 0.6 is 0 Å². The lowest BCUT2D eigenvalue weighted by atomic mass is 9.82. The molecule has 0 spiro atoms. The van der Waals surface area contributed by atoms with Crippen molar-refractivity contribution in [2.45, 2.75) is 25.4 Å². The Morgan fingerprint density at radius 3 is 2.58 bits per heavy atom. The molecule has 0 amide bonds. The van der Waals surface area contributed by atoms with Crippen LogP contribution in [0.15, 0.2) is 48.5 Å². The second kappa shape index (κ2) is 5.06. The molecule has 2 nitrogen and oxygen atoms in total. The van der Waals surface area contributed by atoms with Gasteiger partial charge in [0.15, 0.2) is 0 Å². The molecule has 2 heteroatoms. The third-order valence-corrected chi connectivity index (χ3v) is 4.00.